The zero-order valence-corrected chi connectivity index (χ0v) is 17.4. The summed E-state index contributed by atoms with van der Waals surface area (Å²) in [6.07, 6.45) is 9.25. The van der Waals surface area contributed by atoms with Crippen LogP contribution in [0.5, 0.6) is 5.75 Å². The van der Waals surface area contributed by atoms with Crippen molar-refractivity contribution in [2.24, 2.45) is 0 Å². The van der Waals surface area contributed by atoms with Crippen LogP contribution in [-0.4, -0.2) is 50.3 Å². The summed E-state index contributed by atoms with van der Waals surface area (Å²) in [4.78, 5) is 14.2. The molecule has 0 unspecified atom stereocenters. The molecule has 0 aliphatic carbocycles. The lowest BCUT2D eigenvalue weighted by Crippen LogP contribution is -2.41. The van der Waals surface area contributed by atoms with E-state index in [1.54, 1.807) is 0 Å². The molecular weight excluding hydrogens is 376 g/mol. The molecule has 3 aliphatic heterocycles. The predicted octanol–water partition coefficient (Wildman–Crippen LogP) is 3.13. The number of hydrogen-bond donors (Lipinski definition) is 2. The maximum Gasteiger partial charge on any atom is 0.225 e. The molecule has 0 spiro atoms. The monoisotopic (exact) mass is 406 g/mol. The number of aliphatic hydroxyl groups excluding tert-OH is 1. The number of benzene rings is 1. The Kier molecular flexibility index (Phi) is 5.21. The summed E-state index contributed by atoms with van der Waals surface area (Å²) >= 11 is 0. The van der Waals surface area contributed by atoms with Crippen molar-refractivity contribution in [3.8, 4) is 5.75 Å². The van der Waals surface area contributed by atoms with E-state index in [1.165, 1.54) is 5.56 Å². The molecule has 2 fully saturated rings. The minimum absolute atomic E-state index is 0.283. The van der Waals surface area contributed by atoms with E-state index in [1.807, 2.05) is 30.5 Å². The van der Waals surface area contributed by atoms with Crippen LogP contribution in [-0.2, 0) is 19.4 Å². The second-order valence-corrected chi connectivity index (χ2v) is 8.86. The van der Waals surface area contributed by atoms with Crippen LogP contribution >= 0.6 is 0 Å². The normalized spacial score (nSPS) is 25.9. The van der Waals surface area contributed by atoms with Crippen molar-refractivity contribution >= 4 is 5.95 Å². The van der Waals surface area contributed by atoms with Crippen LogP contribution in [0.1, 0.15) is 54.1 Å². The van der Waals surface area contributed by atoms with Gasteiger partial charge in [0.2, 0.25) is 5.95 Å². The Morgan fingerprint density at radius 2 is 2.07 bits per heavy atom. The van der Waals surface area contributed by atoms with Gasteiger partial charge in [0.1, 0.15) is 5.75 Å². The number of phenolic OH excluding ortho intramolecular Hbond substituents is 1. The van der Waals surface area contributed by atoms with Crippen molar-refractivity contribution in [3.05, 3.63) is 59.4 Å². The number of rotatable bonds is 5. The first-order valence-electron chi connectivity index (χ1n) is 11.1. The van der Waals surface area contributed by atoms with E-state index in [0.717, 1.165) is 68.0 Å². The molecule has 4 heterocycles. The highest BCUT2D eigenvalue weighted by molar-refractivity contribution is 5.42. The molecule has 1 aromatic carbocycles. The van der Waals surface area contributed by atoms with Gasteiger partial charge in [0, 0.05) is 55.5 Å². The molecule has 158 valence electrons. The van der Waals surface area contributed by atoms with Crippen molar-refractivity contribution in [1.82, 2.24) is 14.9 Å². The van der Waals surface area contributed by atoms with Crippen LogP contribution in [0.3, 0.4) is 0 Å². The van der Waals surface area contributed by atoms with Gasteiger partial charge >= 0.3 is 0 Å². The maximum absolute atomic E-state index is 10.7. The van der Waals surface area contributed by atoms with E-state index in [4.69, 9.17) is 4.98 Å². The zero-order valence-electron chi connectivity index (χ0n) is 17.4. The van der Waals surface area contributed by atoms with E-state index < -0.39 is 0 Å². The molecular formula is C24H30N4O2. The first-order valence-corrected chi connectivity index (χ1v) is 11.1. The topological polar surface area (TPSA) is 72.7 Å². The van der Waals surface area contributed by atoms with Gasteiger partial charge in [-0.25, -0.2) is 9.97 Å². The lowest BCUT2D eigenvalue weighted by molar-refractivity contribution is 0.153. The van der Waals surface area contributed by atoms with Gasteiger partial charge in [-0.3, -0.25) is 4.90 Å². The van der Waals surface area contributed by atoms with E-state index in [9.17, 15) is 10.2 Å². The van der Waals surface area contributed by atoms with Gasteiger partial charge in [-0.05, 0) is 37.7 Å². The number of nitrogens with zero attached hydrogens (tertiary/aromatic N) is 4. The van der Waals surface area contributed by atoms with Crippen LogP contribution in [0.25, 0.3) is 0 Å². The molecule has 3 aliphatic rings. The van der Waals surface area contributed by atoms with Crippen molar-refractivity contribution in [2.45, 2.75) is 63.3 Å². The summed E-state index contributed by atoms with van der Waals surface area (Å²) in [5.74, 6) is 1.16. The number of β-amino-alcohol motifs (C(OH)–C–C–N with tert-alkyl or cyclic N) is 1. The van der Waals surface area contributed by atoms with E-state index in [2.05, 4.69) is 21.4 Å². The Labute approximate surface area is 177 Å². The fraction of sp³-hybridized carbons (Fsp3) is 0.500. The molecule has 2 N–H and O–H groups in total. The van der Waals surface area contributed by atoms with Crippen LogP contribution in [0.15, 0.2) is 37.1 Å². The lowest BCUT2D eigenvalue weighted by atomic mass is 9.97. The van der Waals surface area contributed by atoms with E-state index >= 15 is 0 Å². The maximum atomic E-state index is 10.7. The number of para-hydroxylation sites is 1. The number of aliphatic hydroxyl groups is 1. The number of phenols is 1. The molecule has 0 saturated carbocycles. The number of hydrogen-bond acceptors (Lipinski definition) is 6. The van der Waals surface area contributed by atoms with E-state index in [-0.39, 0.29) is 6.10 Å². The SMILES string of the molecule is C=CCc1cccc(CN2[C@H]3CC[C@H]2c2cnc(N4CCC[C@@H](O)C4)nc2C3)c1O. The zero-order chi connectivity index (χ0) is 20.7. The standard InChI is InChI=1S/C24H30N4O2/c1-2-5-16-6-3-7-17(23(16)30)14-28-18-9-10-22(28)20-13-25-24(26-21(20)12-18)27-11-4-8-19(29)15-27/h2-3,6-7,13,18-19,22,29-30H,1,4-5,8-12,14-15H2/t18-,19+,22-/m0/s1. The molecule has 0 amide bonds. The first-order chi connectivity index (χ1) is 14.6. The molecule has 30 heavy (non-hydrogen) atoms. The van der Waals surface area contributed by atoms with E-state index in [0.29, 0.717) is 30.8 Å². The van der Waals surface area contributed by atoms with Crippen LogP contribution in [0, 0.1) is 0 Å². The number of anilines is 1. The quantitative estimate of drug-likeness (QED) is 0.744. The molecule has 6 nitrogen and oxygen atoms in total. The number of fused-ring (bicyclic) bond motifs is 4. The summed E-state index contributed by atoms with van der Waals surface area (Å²) in [6.45, 7) is 6.07. The first kappa shape index (κ1) is 19.5. The fourth-order valence-electron chi connectivity index (χ4n) is 5.39. The lowest BCUT2D eigenvalue weighted by Gasteiger charge is -2.37. The van der Waals surface area contributed by atoms with Gasteiger partial charge in [-0.1, -0.05) is 24.3 Å². The third-order valence-electron chi connectivity index (χ3n) is 6.92. The Bertz CT molecular complexity index is 947. The van der Waals surface area contributed by atoms with Gasteiger partial charge in [0.15, 0.2) is 0 Å². The number of aromatic nitrogens is 2. The number of aromatic hydroxyl groups is 1. The number of allylic oxidation sites excluding steroid dienone is 1. The van der Waals surface area contributed by atoms with Gasteiger partial charge in [-0.15, -0.1) is 6.58 Å². The Hall–Kier alpha value is -2.44. The van der Waals surface area contributed by atoms with Gasteiger partial charge in [-0.2, -0.15) is 0 Å². The smallest absolute Gasteiger partial charge is 0.225 e. The van der Waals surface area contributed by atoms with Crippen molar-refractivity contribution in [2.75, 3.05) is 18.0 Å². The second-order valence-electron chi connectivity index (χ2n) is 8.86. The number of piperidine rings is 1. The Morgan fingerprint density at radius 1 is 1.20 bits per heavy atom. The third-order valence-corrected chi connectivity index (χ3v) is 6.92. The average molecular weight is 407 g/mol. The molecule has 5 rings (SSSR count). The summed E-state index contributed by atoms with van der Waals surface area (Å²) in [6, 6.07) is 6.77. The highest BCUT2D eigenvalue weighted by atomic mass is 16.3. The highest BCUT2D eigenvalue weighted by Gasteiger charge is 2.41. The minimum atomic E-state index is -0.283. The van der Waals surface area contributed by atoms with Crippen molar-refractivity contribution < 1.29 is 10.2 Å². The van der Waals surface area contributed by atoms with Crippen LogP contribution < -0.4 is 4.90 Å². The third kappa shape index (κ3) is 3.48. The van der Waals surface area contributed by atoms with Gasteiger partial charge in [0.25, 0.3) is 0 Å². The van der Waals surface area contributed by atoms with Gasteiger partial charge < -0.3 is 15.1 Å². The van der Waals surface area contributed by atoms with Crippen LogP contribution in [0.4, 0.5) is 5.95 Å². The van der Waals surface area contributed by atoms with Crippen molar-refractivity contribution in [1.29, 1.82) is 0 Å². The second kappa shape index (κ2) is 8.00. The molecule has 2 saturated heterocycles. The molecule has 1 aromatic heterocycles. The average Bonchev–Trinajstić information content (AvgIpc) is 3.02. The highest BCUT2D eigenvalue weighted by Crippen LogP contribution is 2.44. The Morgan fingerprint density at radius 3 is 2.90 bits per heavy atom. The summed E-state index contributed by atoms with van der Waals surface area (Å²) < 4.78 is 0. The predicted molar refractivity (Wildman–Crippen MR) is 117 cm³/mol. The summed E-state index contributed by atoms with van der Waals surface area (Å²) in [7, 11) is 0. The summed E-state index contributed by atoms with van der Waals surface area (Å²) in [5.41, 5.74) is 4.30. The molecule has 6 heteroatoms. The van der Waals surface area contributed by atoms with Crippen LogP contribution in [0.2, 0.25) is 0 Å². The fourth-order valence-corrected chi connectivity index (χ4v) is 5.39. The largest absolute Gasteiger partial charge is 0.507 e. The van der Waals surface area contributed by atoms with Gasteiger partial charge in [0.05, 0.1) is 11.8 Å². The van der Waals surface area contributed by atoms with Crippen molar-refractivity contribution in [3.63, 3.8) is 0 Å². The Balaban J connectivity index is 1.38. The molecule has 2 bridgehead atoms. The molecule has 3 atom stereocenters. The molecule has 2 aromatic rings. The minimum Gasteiger partial charge on any atom is -0.507 e. The molecule has 0 radical (unpaired) electrons. The summed E-state index contributed by atoms with van der Waals surface area (Å²) in [5, 5.41) is 20.7.